The standard InChI is InChI=1S/C26H30ClN5O5/c1-4-26(11-21(26)37-25(35)36-5-2)32-24-29-12-15(3)22(31-24)17-10-19(28-13-17)23(34)30-20(14-33)16-7-6-8-18(27)9-16/h6-10,12-13,20-21,28,33H,4-5,11,14H2,1-3H3,(H,30,34)(H,29,31,32)/t20-,21+,26?/m1/s1. The largest absolute Gasteiger partial charge is 0.508 e. The van der Waals surface area contributed by atoms with Crippen LogP contribution in [0.3, 0.4) is 0 Å². The van der Waals surface area contributed by atoms with E-state index in [0.29, 0.717) is 46.3 Å². The molecule has 196 valence electrons. The third-order valence-electron chi connectivity index (χ3n) is 6.41. The fourth-order valence-electron chi connectivity index (χ4n) is 4.16. The van der Waals surface area contributed by atoms with Crippen LogP contribution in [0.2, 0.25) is 5.02 Å². The Labute approximate surface area is 219 Å². The van der Waals surface area contributed by atoms with Crippen molar-refractivity contribution in [3.05, 3.63) is 64.6 Å². The van der Waals surface area contributed by atoms with Crippen molar-refractivity contribution >= 4 is 29.6 Å². The summed E-state index contributed by atoms with van der Waals surface area (Å²) in [4.78, 5) is 36.7. The van der Waals surface area contributed by atoms with Crippen molar-refractivity contribution < 1.29 is 24.2 Å². The zero-order valence-corrected chi connectivity index (χ0v) is 21.6. The summed E-state index contributed by atoms with van der Waals surface area (Å²) >= 11 is 6.05. The lowest BCUT2D eigenvalue weighted by atomic mass is 10.1. The monoisotopic (exact) mass is 527 g/mol. The lowest BCUT2D eigenvalue weighted by Gasteiger charge is -2.18. The quantitative estimate of drug-likeness (QED) is 0.284. The molecule has 2 aromatic heterocycles. The molecule has 0 bridgehead atoms. The van der Waals surface area contributed by atoms with Crippen LogP contribution < -0.4 is 10.6 Å². The summed E-state index contributed by atoms with van der Waals surface area (Å²) in [5.41, 5.74) is 2.74. The van der Waals surface area contributed by atoms with Crippen LogP contribution >= 0.6 is 11.6 Å². The summed E-state index contributed by atoms with van der Waals surface area (Å²) < 4.78 is 10.3. The number of H-pyrrole nitrogens is 1. The van der Waals surface area contributed by atoms with Crippen molar-refractivity contribution in [2.75, 3.05) is 18.5 Å². The molecule has 0 saturated heterocycles. The van der Waals surface area contributed by atoms with Gasteiger partial charge in [0.15, 0.2) is 0 Å². The van der Waals surface area contributed by atoms with E-state index in [9.17, 15) is 14.7 Å². The van der Waals surface area contributed by atoms with Crippen molar-refractivity contribution in [2.45, 2.75) is 51.3 Å². The maximum atomic E-state index is 12.9. The van der Waals surface area contributed by atoms with E-state index in [4.69, 9.17) is 21.1 Å². The molecule has 1 aliphatic rings. The molecule has 10 nitrogen and oxygen atoms in total. The fourth-order valence-corrected chi connectivity index (χ4v) is 4.36. The number of aromatic amines is 1. The Morgan fingerprint density at radius 2 is 2.14 bits per heavy atom. The molecule has 2 heterocycles. The molecule has 3 atom stereocenters. The molecule has 1 unspecified atom stereocenters. The number of anilines is 1. The van der Waals surface area contributed by atoms with E-state index in [1.165, 1.54) is 0 Å². The SMILES string of the molecule is CCOC(=O)O[C@H]1CC1(CC)Nc1ncc(C)c(-c2c[nH]c(C(=O)N[C@H](CO)c3cccc(Cl)c3)c2)n1. The first-order valence-corrected chi connectivity index (χ1v) is 12.5. The molecule has 4 rings (SSSR count). The molecule has 1 aliphatic carbocycles. The molecule has 3 aromatic rings. The van der Waals surface area contributed by atoms with E-state index in [0.717, 1.165) is 5.56 Å². The van der Waals surface area contributed by atoms with Crippen LogP contribution in [0.15, 0.2) is 42.7 Å². The molecule has 4 N–H and O–H groups in total. The van der Waals surface area contributed by atoms with Crippen molar-refractivity contribution in [3.63, 3.8) is 0 Å². The Kier molecular flexibility index (Phi) is 7.99. The number of amides is 1. The number of nitrogens with zero attached hydrogens (tertiary/aromatic N) is 2. The molecule has 37 heavy (non-hydrogen) atoms. The predicted molar refractivity (Wildman–Crippen MR) is 138 cm³/mol. The van der Waals surface area contributed by atoms with Crippen LogP contribution in [-0.4, -0.2) is 57.0 Å². The van der Waals surface area contributed by atoms with Crippen molar-refractivity contribution in [2.24, 2.45) is 0 Å². The van der Waals surface area contributed by atoms with Gasteiger partial charge in [-0.3, -0.25) is 4.79 Å². The first kappa shape index (κ1) is 26.4. The minimum Gasteiger partial charge on any atom is -0.435 e. The number of halogens is 1. The van der Waals surface area contributed by atoms with E-state index >= 15 is 0 Å². The lowest BCUT2D eigenvalue weighted by Crippen LogP contribution is -2.31. The second-order valence-corrected chi connectivity index (χ2v) is 9.36. The Hall–Kier alpha value is -3.63. The maximum absolute atomic E-state index is 12.9. The number of carbonyl (C=O) groups is 2. The Bertz CT molecular complexity index is 1280. The number of aromatic nitrogens is 3. The zero-order chi connectivity index (χ0) is 26.6. The number of hydrogen-bond donors (Lipinski definition) is 4. The molecule has 1 saturated carbocycles. The number of aryl methyl sites for hydroxylation is 1. The molecule has 11 heteroatoms. The zero-order valence-electron chi connectivity index (χ0n) is 20.9. The van der Waals surface area contributed by atoms with Gasteiger partial charge in [0.1, 0.15) is 11.8 Å². The molecular weight excluding hydrogens is 498 g/mol. The Morgan fingerprint density at radius 1 is 1.32 bits per heavy atom. The average Bonchev–Trinajstić information content (AvgIpc) is 3.31. The van der Waals surface area contributed by atoms with Crippen LogP contribution in [0, 0.1) is 6.92 Å². The number of benzene rings is 1. The van der Waals surface area contributed by atoms with Crippen LogP contribution in [0.5, 0.6) is 0 Å². The summed E-state index contributed by atoms with van der Waals surface area (Å²) in [6.07, 6.45) is 3.71. The third-order valence-corrected chi connectivity index (χ3v) is 6.64. The van der Waals surface area contributed by atoms with Gasteiger partial charge >= 0.3 is 6.16 Å². The summed E-state index contributed by atoms with van der Waals surface area (Å²) in [5, 5.41) is 16.5. The molecule has 1 fully saturated rings. The van der Waals surface area contributed by atoms with Crippen molar-refractivity contribution in [1.29, 1.82) is 0 Å². The molecule has 1 aromatic carbocycles. The van der Waals surface area contributed by atoms with Gasteiger partial charge in [-0.15, -0.1) is 0 Å². The number of rotatable bonds is 10. The molecule has 0 radical (unpaired) electrons. The van der Waals surface area contributed by atoms with E-state index in [1.807, 2.05) is 13.8 Å². The van der Waals surface area contributed by atoms with Crippen molar-refractivity contribution in [3.8, 4) is 11.3 Å². The third kappa shape index (κ3) is 6.03. The van der Waals surface area contributed by atoms with Gasteiger partial charge in [-0.25, -0.2) is 14.8 Å². The highest BCUT2D eigenvalue weighted by molar-refractivity contribution is 6.30. The van der Waals surface area contributed by atoms with E-state index < -0.39 is 17.7 Å². The lowest BCUT2D eigenvalue weighted by molar-refractivity contribution is 0.0487. The second-order valence-electron chi connectivity index (χ2n) is 8.92. The van der Waals surface area contributed by atoms with Gasteiger partial charge in [0.25, 0.3) is 5.91 Å². The average molecular weight is 528 g/mol. The molecule has 0 spiro atoms. The summed E-state index contributed by atoms with van der Waals surface area (Å²) in [6.45, 7) is 5.57. The maximum Gasteiger partial charge on any atom is 0.508 e. The van der Waals surface area contributed by atoms with Gasteiger partial charge in [0, 0.05) is 29.4 Å². The van der Waals surface area contributed by atoms with Crippen molar-refractivity contribution in [1.82, 2.24) is 20.3 Å². The molecule has 1 amide bonds. The first-order chi connectivity index (χ1) is 17.8. The van der Waals surface area contributed by atoms with Crippen LogP contribution in [0.4, 0.5) is 10.7 Å². The highest BCUT2D eigenvalue weighted by Crippen LogP contribution is 2.44. The topological polar surface area (TPSA) is 138 Å². The Morgan fingerprint density at radius 3 is 2.84 bits per heavy atom. The molecular formula is C26H30ClN5O5. The predicted octanol–water partition coefficient (Wildman–Crippen LogP) is 4.40. The summed E-state index contributed by atoms with van der Waals surface area (Å²) in [6, 6.07) is 8.07. The van der Waals surface area contributed by atoms with Gasteiger partial charge in [-0.1, -0.05) is 30.7 Å². The highest BCUT2D eigenvalue weighted by atomic mass is 35.5. The van der Waals surface area contributed by atoms with E-state index in [-0.39, 0.29) is 25.2 Å². The first-order valence-electron chi connectivity index (χ1n) is 12.1. The number of ether oxygens (including phenoxy) is 2. The fraction of sp³-hybridized carbons (Fsp3) is 0.385. The van der Waals surface area contributed by atoms with Crippen LogP contribution in [0.25, 0.3) is 11.3 Å². The van der Waals surface area contributed by atoms with Crippen LogP contribution in [-0.2, 0) is 9.47 Å². The van der Waals surface area contributed by atoms with Gasteiger partial charge < -0.3 is 30.2 Å². The Balaban J connectivity index is 1.47. The second kappa shape index (κ2) is 11.2. The van der Waals surface area contributed by atoms with Gasteiger partial charge in [0.2, 0.25) is 5.95 Å². The summed E-state index contributed by atoms with van der Waals surface area (Å²) in [7, 11) is 0. The minimum absolute atomic E-state index is 0.250. The normalized spacial score (nSPS) is 19.1. The molecule has 0 aliphatic heterocycles. The number of aliphatic hydroxyl groups excluding tert-OH is 1. The highest BCUT2D eigenvalue weighted by Gasteiger charge is 2.57. The van der Waals surface area contributed by atoms with E-state index in [2.05, 4.69) is 25.6 Å². The number of aliphatic hydroxyl groups is 1. The van der Waals surface area contributed by atoms with Gasteiger partial charge in [0.05, 0.1) is 30.5 Å². The van der Waals surface area contributed by atoms with Gasteiger partial charge in [-0.2, -0.15) is 0 Å². The van der Waals surface area contributed by atoms with Gasteiger partial charge in [-0.05, 0) is 49.6 Å². The number of nitrogens with one attached hydrogen (secondary N) is 3. The smallest absolute Gasteiger partial charge is 0.435 e. The number of hydrogen-bond acceptors (Lipinski definition) is 8. The summed E-state index contributed by atoms with van der Waals surface area (Å²) in [5.74, 6) is 0.0168. The minimum atomic E-state index is -0.688. The van der Waals surface area contributed by atoms with E-state index in [1.54, 1.807) is 49.6 Å². The number of carbonyl (C=O) groups excluding carboxylic acids is 2. The van der Waals surface area contributed by atoms with Crippen LogP contribution in [0.1, 0.15) is 54.3 Å².